The van der Waals surface area contributed by atoms with Crippen LogP contribution in [0.15, 0.2) is 42.5 Å². The predicted octanol–water partition coefficient (Wildman–Crippen LogP) is 5.30. The van der Waals surface area contributed by atoms with Crippen LogP contribution in [0.5, 0.6) is 0 Å². The Bertz CT molecular complexity index is 1050. The second-order valence-corrected chi connectivity index (χ2v) is 8.74. The topological polar surface area (TPSA) is 52.2 Å². The van der Waals surface area contributed by atoms with Gasteiger partial charge in [-0.1, -0.05) is 35.1 Å². The zero-order valence-electron chi connectivity index (χ0n) is 16.4. The van der Waals surface area contributed by atoms with Gasteiger partial charge in [0.05, 0.1) is 21.9 Å². The highest BCUT2D eigenvalue weighted by molar-refractivity contribution is 7.16. The lowest BCUT2D eigenvalue weighted by molar-refractivity contribution is -0.137. The van der Waals surface area contributed by atoms with E-state index in [0.29, 0.717) is 21.9 Å². The van der Waals surface area contributed by atoms with Crippen molar-refractivity contribution < 1.29 is 18.3 Å². The molecular weight excluding hydrogens is 435 g/mol. The predicted molar refractivity (Wildman–Crippen MR) is 114 cm³/mol. The molecule has 1 heterocycles. The van der Waals surface area contributed by atoms with Crippen LogP contribution in [0.3, 0.4) is 0 Å². The fourth-order valence-corrected chi connectivity index (χ4v) is 4.53. The molecule has 0 radical (unpaired) electrons. The molecule has 1 atom stereocenters. The zero-order chi connectivity index (χ0) is 21.9. The Morgan fingerprint density at radius 2 is 1.87 bits per heavy atom. The number of nitrogens with zero attached hydrogens (tertiary/aromatic N) is 2. The van der Waals surface area contributed by atoms with Crippen LogP contribution in [0.25, 0.3) is 10.2 Å². The largest absolute Gasteiger partial charge is 0.416 e. The van der Waals surface area contributed by atoms with Crippen LogP contribution in [-0.2, 0) is 12.7 Å². The molecule has 2 N–H and O–H groups in total. The summed E-state index contributed by atoms with van der Waals surface area (Å²) in [6, 6.07) is 10.2. The SMILES string of the molecule is CN(CCCCn1c(=N)sc2cc(Cl)ccc21)CC(O)c1ccc(C(F)(F)F)cc1. The summed E-state index contributed by atoms with van der Waals surface area (Å²) >= 11 is 7.41. The average molecular weight is 458 g/mol. The van der Waals surface area contributed by atoms with E-state index in [-0.39, 0.29) is 0 Å². The van der Waals surface area contributed by atoms with Crippen LogP contribution < -0.4 is 4.80 Å². The van der Waals surface area contributed by atoms with Gasteiger partial charge in [0.25, 0.3) is 0 Å². The molecule has 0 aliphatic carbocycles. The standard InChI is InChI=1S/C21H23ClF3N3OS/c1-27(13-18(29)14-4-6-15(7-5-14)21(23,24)25)10-2-3-11-28-17-9-8-16(22)12-19(17)30-20(28)26/h4-9,12,18,26,29H,2-3,10-11,13H2,1H3. The molecule has 1 aromatic heterocycles. The van der Waals surface area contributed by atoms with Crippen molar-refractivity contribution >= 4 is 33.2 Å². The third kappa shape index (κ3) is 5.63. The number of benzene rings is 2. The smallest absolute Gasteiger partial charge is 0.387 e. The molecule has 9 heteroatoms. The van der Waals surface area contributed by atoms with Gasteiger partial charge >= 0.3 is 6.18 Å². The van der Waals surface area contributed by atoms with Gasteiger partial charge in [-0.15, -0.1) is 0 Å². The number of likely N-dealkylation sites (N-methyl/N-ethyl adjacent to an activating group) is 1. The summed E-state index contributed by atoms with van der Waals surface area (Å²) in [5.41, 5.74) is 0.745. The summed E-state index contributed by atoms with van der Waals surface area (Å²) in [5, 5.41) is 19.1. The lowest BCUT2D eigenvalue weighted by Gasteiger charge is -2.21. The first-order valence-electron chi connectivity index (χ1n) is 9.52. The number of hydrogen-bond donors (Lipinski definition) is 2. The van der Waals surface area contributed by atoms with Crippen LogP contribution in [0, 0.1) is 5.41 Å². The van der Waals surface area contributed by atoms with Gasteiger partial charge in [-0.2, -0.15) is 13.2 Å². The molecule has 30 heavy (non-hydrogen) atoms. The lowest BCUT2D eigenvalue weighted by atomic mass is 10.1. The number of rotatable bonds is 8. The second-order valence-electron chi connectivity index (χ2n) is 7.28. The maximum absolute atomic E-state index is 12.6. The fraction of sp³-hybridized carbons (Fsp3) is 0.381. The first-order valence-corrected chi connectivity index (χ1v) is 10.7. The summed E-state index contributed by atoms with van der Waals surface area (Å²) in [7, 11) is 1.87. The average Bonchev–Trinajstić information content (AvgIpc) is 2.98. The molecule has 162 valence electrons. The Morgan fingerprint density at radius 3 is 2.53 bits per heavy atom. The molecular formula is C21H23ClF3N3OS. The number of unbranched alkanes of at least 4 members (excludes halogenated alkanes) is 1. The zero-order valence-corrected chi connectivity index (χ0v) is 18.0. The molecule has 0 aliphatic rings. The number of thiazole rings is 1. The molecule has 0 bridgehead atoms. The Balaban J connectivity index is 1.48. The van der Waals surface area contributed by atoms with Gasteiger partial charge < -0.3 is 14.6 Å². The third-order valence-corrected chi connectivity index (χ3v) is 6.14. The van der Waals surface area contributed by atoms with E-state index in [2.05, 4.69) is 0 Å². The van der Waals surface area contributed by atoms with E-state index in [9.17, 15) is 18.3 Å². The summed E-state index contributed by atoms with van der Waals surface area (Å²) in [5.74, 6) is 0. The van der Waals surface area contributed by atoms with E-state index in [1.807, 2.05) is 34.7 Å². The number of aromatic nitrogens is 1. The number of nitrogens with one attached hydrogen (secondary N) is 1. The number of halogens is 4. The molecule has 0 saturated heterocycles. The Labute approximate surface area is 181 Å². The van der Waals surface area contributed by atoms with Gasteiger partial charge in [0.1, 0.15) is 0 Å². The molecule has 0 aliphatic heterocycles. The van der Waals surface area contributed by atoms with E-state index >= 15 is 0 Å². The van der Waals surface area contributed by atoms with Crippen LogP contribution in [0.1, 0.15) is 30.1 Å². The molecule has 0 saturated carbocycles. The monoisotopic (exact) mass is 457 g/mol. The lowest BCUT2D eigenvalue weighted by Crippen LogP contribution is -2.26. The highest BCUT2D eigenvalue weighted by Crippen LogP contribution is 2.30. The van der Waals surface area contributed by atoms with E-state index in [1.165, 1.54) is 23.5 Å². The van der Waals surface area contributed by atoms with Crippen molar-refractivity contribution in [3.63, 3.8) is 0 Å². The summed E-state index contributed by atoms with van der Waals surface area (Å²) < 4.78 is 40.9. The molecule has 1 unspecified atom stereocenters. The van der Waals surface area contributed by atoms with Crippen molar-refractivity contribution in [3.8, 4) is 0 Å². The third-order valence-electron chi connectivity index (χ3n) is 4.94. The number of alkyl halides is 3. The van der Waals surface area contributed by atoms with Gasteiger partial charge in [0.15, 0.2) is 4.80 Å². The number of aryl methyl sites for hydroxylation is 1. The summed E-state index contributed by atoms with van der Waals surface area (Å²) in [6.45, 7) is 1.79. The minimum Gasteiger partial charge on any atom is -0.387 e. The van der Waals surface area contributed by atoms with Gasteiger partial charge in [-0.3, -0.25) is 5.41 Å². The minimum atomic E-state index is -4.38. The fourth-order valence-electron chi connectivity index (χ4n) is 3.32. The van der Waals surface area contributed by atoms with E-state index < -0.39 is 17.8 Å². The van der Waals surface area contributed by atoms with Crippen LogP contribution >= 0.6 is 22.9 Å². The second kappa shape index (κ2) is 9.51. The quantitative estimate of drug-likeness (QED) is 0.451. The van der Waals surface area contributed by atoms with Crippen LogP contribution in [0.4, 0.5) is 13.2 Å². The molecule has 2 aromatic carbocycles. The molecule has 0 amide bonds. The number of hydrogen-bond acceptors (Lipinski definition) is 4. The van der Waals surface area contributed by atoms with Crippen LogP contribution in [-0.4, -0.2) is 34.7 Å². The van der Waals surface area contributed by atoms with E-state index in [0.717, 1.165) is 48.3 Å². The van der Waals surface area contributed by atoms with Gasteiger partial charge in [0, 0.05) is 18.1 Å². The van der Waals surface area contributed by atoms with Gasteiger partial charge in [0.2, 0.25) is 0 Å². The summed E-state index contributed by atoms with van der Waals surface area (Å²) in [6.07, 6.45) is -3.49. The first-order chi connectivity index (χ1) is 14.1. The number of aliphatic hydroxyl groups excluding tert-OH is 1. The molecule has 4 nitrogen and oxygen atoms in total. The van der Waals surface area contributed by atoms with Crippen molar-refractivity contribution in [1.29, 1.82) is 5.41 Å². The molecule has 3 rings (SSSR count). The Hall–Kier alpha value is -1.87. The van der Waals surface area contributed by atoms with Gasteiger partial charge in [-0.25, -0.2) is 0 Å². The van der Waals surface area contributed by atoms with Crippen molar-refractivity contribution in [3.05, 3.63) is 63.4 Å². The van der Waals surface area contributed by atoms with Gasteiger partial charge in [-0.05, 0) is 62.3 Å². The first kappa shape index (κ1) is 22.8. The van der Waals surface area contributed by atoms with Crippen molar-refractivity contribution in [2.75, 3.05) is 20.1 Å². The highest BCUT2D eigenvalue weighted by Gasteiger charge is 2.30. The van der Waals surface area contributed by atoms with E-state index in [4.69, 9.17) is 17.0 Å². The maximum Gasteiger partial charge on any atom is 0.416 e. The van der Waals surface area contributed by atoms with Crippen molar-refractivity contribution in [2.24, 2.45) is 0 Å². The van der Waals surface area contributed by atoms with Crippen molar-refractivity contribution in [1.82, 2.24) is 9.47 Å². The summed E-state index contributed by atoms with van der Waals surface area (Å²) in [4.78, 5) is 2.44. The molecule has 0 fully saturated rings. The Kier molecular flexibility index (Phi) is 7.23. The molecule has 0 spiro atoms. The maximum atomic E-state index is 12.6. The van der Waals surface area contributed by atoms with Crippen LogP contribution in [0.2, 0.25) is 5.02 Å². The van der Waals surface area contributed by atoms with E-state index in [1.54, 1.807) is 0 Å². The number of fused-ring (bicyclic) bond motifs is 1. The Morgan fingerprint density at radius 1 is 1.17 bits per heavy atom. The normalized spacial score (nSPS) is 13.3. The minimum absolute atomic E-state index is 0.335. The number of aliphatic hydroxyl groups is 1. The van der Waals surface area contributed by atoms with Crippen molar-refractivity contribution in [2.45, 2.75) is 31.7 Å². The highest BCUT2D eigenvalue weighted by atomic mass is 35.5. The molecule has 3 aromatic rings.